The molecule has 1 heterocycles. The second-order valence-electron chi connectivity index (χ2n) is 6.64. The van der Waals surface area contributed by atoms with Crippen molar-refractivity contribution in [2.24, 2.45) is 0 Å². The molecular weight excluding hydrogens is 425 g/mol. The van der Waals surface area contributed by atoms with E-state index in [-0.39, 0.29) is 29.4 Å². The first kappa shape index (κ1) is 20.3. The molecule has 0 aliphatic heterocycles. The van der Waals surface area contributed by atoms with Gasteiger partial charge in [-0.15, -0.1) is 10.2 Å². The fraction of sp³-hybridized carbons (Fsp3) is 0.200. The van der Waals surface area contributed by atoms with Crippen LogP contribution in [-0.4, -0.2) is 33.8 Å². The number of nitrogens with one attached hydrogen (secondary N) is 3. The Balaban J connectivity index is 1.31. The Labute approximate surface area is 180 Å². The van der Waals surface area contributed by atoms with Crippen molar-refractivity contribution in [1.29, 1.82) is 0 Å². The maximum absolute atomic E-state index is 13.0. The van der Waals surface area contributed by atoms with Crippen LogP contribution in [0, 0.1) is 5.82 Å². The quantitative estimate of drug-likeness (QED) is 0.455. The summed E-state index contributed by atoms with van der Waals surface area (Å²) in [6, 6.07) is 13.1. The maximum Gasteiger partial charge on any atom is 0.253 e. The normalized spacial score (nSPS) is 13.0. The predicted molar refractivity (Wildman–Crippen MR) is 116 cm³/mol. The highest BCUT2D eigenvalue weighted by atomic mass is 32.2. The fourth-order valence-corrected chi connectivity index (χ4v) is 4.14. The van der Waals surface area contributed by atoms with Crippen molar-refractivity contribution in [3.05, 3.63) is 59.9 Å². The topological polar surface area (TPSA) is 96.0 Å². The maximum atomic E-state index is 13.0. The molecule has 1 saturated carbocycles. The van der Waals surface area contributed by atoms with Crippen molar-refractivity contribution < 1.29 is 14.0 Å². The molecule has 4 rings (SSSR count). The minimum Gasteiger partial charge on any atom is -0.349 e. The van der Waals surface area contributed by atoms with E-state index in [4.69, 9.17) is 0 Å². The Morgan fingerprint density at radius 3 is 2.63 bits per heavy atom. The zero-order valence-corrected chi connectivity index (χ0v) is 17.4. The van der Waals surface area contributed by atoms with Crippen LogP contribution in [0.5, 0.6) is 0 Å². The molecule has 2 aromatic carbocycles. The zero-order chi connectivity index (χ0) is 20.9. The molecule has 3 N–H and O–H groups in total. The fourth-order valence-electron chi connectivity index (χ4n) is 2.57. The number of nitrogens with zero attached hydrogens (tertiary/aromatic N) is 2. The van der Waals surface area contributed by atoms with Gasteiger partial charge in [0, 0.05) is 11.7 Å². The number of halogens is 1. The van der Waals surface area contributed by atoms with E-state index in [2.05, 4.69) is 26.1 Å². The largest absolute Gasteiger partial charge is 0.349 e. The third-order valence-corrected chi connectivity index (χ3v) is 6.16. The van der Waals surface area contributed by atoms with Crippen LogP contribution in [-0.2, 0) is 4.79 Å². The predicted octanol–water partition coefficient (Wildman–Crippen LogP) is 4.04. The Hall–Kier alpha value is -2.98. The van der Waals surface area contributed by atoms with Crippen LogP contribution in [0.4, 0.5) is 20.9 Å². The van der Waals surface area contributed by atoms with E-state index in [9.17, 15) is 14.0 Å². The molecule has 0 saturated heterocycles. The number of aromatic nitrogens is 2. The van der Waals surface area contributed by atoms with Gasteiger partial charge in [-0.2, -0.15) is 0 Å². The van der Waals surface area contributed by atoms with Gasteiger partial charge in [0.05, 0.1) is 17.0 Å². The van der Waals surface area contributed by atoms with Gasteiger partial charge in [-0.05, 0) is 49.2 Å². The highest BCUT2D eigenvalue weighted by molar-refractivity contribution is 8.01. The van der Waals surface area contributed by atoms with Crippen molar-refractivity contribution in [3.8, 4) is 0 Å². The summed E-state index contributed by atoms with van der Waals surface area (Å²) in [6.45, 7) is 0. The van der Waals surface area contributed by atoms with E-state index in [1.807, 2.05) is 0 Å². The Bertz CT molecular complexity index is 1050. The standard InChI is InChI=1S/C20H18FN5O2S2/c21-12-5-7-14(8-6-12)23-19-25-26-20(30-19)29-11-17(27)24-16-4-2-1-3-15(16)18(28)22-13-9-10-13/h1-8,13H,9-11H2,(H,22,28)(H,23,25)(H,24,27). The molecule has 0 spiro atoms. The van der Waals surface area contributed by atoms with Crippen molar-refractivity contribution in [2.75, 3.05) is 16.4 Å². The van der Waals surface area contributed by atoms with E-state index in [0.29, 0.717) is 26.4 Å². The molecule has 154 valence electrons. The van der Waals surface area contributed by atoms with Crippen molar-refractivity contribution in [3.63, 3.8) is 0 Å². The molecule has 10 heteroatoms. The lowest BCUT2D eigenvalue weighted by atomic mass is 10.1. The van der Waals surface area contributed by atoms with Gasteiger partial charge < -0.3 is 16.0 Å². The molecule has 7 nitrogen and oxygen atoms in total. The highest BCUT2D eigenvalue weighted by Gasteiger charge is 2.25. The molecule has 1 aliphatic rings. The second-order valence-corrected chi connectivity index (χ2v) is 8.84. The molecule has 1 aliphatic carbocycles. The Morgan fingerprint density at radius 2 is 1.87 bits per heavy atom. The van der Waals surface area contributed by atoms with Crippen molar-refractivity contribution in [2.45, 2.75) is 23.2 Å². The van der Waals surface area contributed by atoms with E-state index >= 15 is 0 Å². The number of carbonyl (C=O) groups is 2. The molecule has 30 heavy (non-hydrogen) atoms. The number of anilines is 3. The summed E-state index contributed by atoms with van der Waals surface area (Å²) < 4.78 is 13.6. The van der Waals surface area contributed by atoms with Crippen LogP contribution in [0.15, 0.2) is 52.9 Å². The third kappa shape index (κ3) is 5.55. The van der Waals surface area contributed by atoms with Gasteiger partial charge in [-0.3, -0.25) is 9.59 Å². The monoisotopic (exact) mass is 443 g/mol. The van der Waals surface area contributed by atoms with Crippen molar-refractivity contribution >= 4 is 51.4 Å². The minimum absolute atomic E-state index is 0.129. The Morgan fingerprint density at radius 1 is 1.10 bits per heavy atom. The summed E-state index contributed by atoms with van der Waals surface area (Å²) >= 11 is 2.54. The smallest absolute Gasteiger partial charge is 0.253 e. The summed E-state index contributed by atoms with van der Waals surface area (Å²) in [5, 5.41) is 17.4. The summed E-state index contributed by atoms with van der Waals surface area (Å²) in [4.78, 5) is 24.7. The van der Waals surface area contributed by atoms with Gasteiger partial charge >= 0.3 is 0 Å². The first-order valence-corrected chi connectivity index (χ1v) is 11.1. The van der Waals surface area contributed by atoms with Crippen molar-refractivity contribution in [1.82, 2.24) is 15.5 Å². The number of hydrogen-bond acceptors (Lipinski definition) is 7. The Kier molecular flexibility index (Phi) is 6.24. The summed E-state index contributed by atoms with van der Waals surface area (Å²) in [7, 11) is 0. The molecule has 0 atom stereocenters. The molecule has 1 aromatic heterocycles. The number of para-hydroxylation sites is 1. The van der Waals surface area contributed by atoms with Crippen LogP contribution >= 0.6 is 23.1 Å². The van der Waals surface area contributed by atoms with Gasteiger partial charge in [0.25, 0.3) is 5.91 Å². The summed E-state index contributed by atoms with van der Waals surface area (Å²) in [6.07, 6.45) is 1.99. The van der Waals surface area contributed by atoms with Crippen LogP contribution in [0.25, 0.3) is 0 Å². The summed E-state index contributed by atoms with van der Waals surface area (Å²) in [5.41, 5.74) is 1.63. The first-order valence-electron chi connectivity index (χ1n) is 9.25. The van der Waals surface area contributed by atoms with Gasteiger partial charge in [-0.1, -0.05) is 35.2 Å². The molecule has 2 amide bonds. The third-order valence-electron chi connectivity index (χ3n) is 4.19. The number of amides is 2. The van der Waals surface area contributed by atoms with E-state index in [0.717, 1.165) is 12.8 Å². The highest BCUT2D eigenvalue weighted by Crippen LogP contribution is 2.28. The van der Waals surface area contributed by atoms with Crippen LogP contribution in [0.3, 0.4) is 0 Å². The molecule has 3 aromatic rings. The average Bonchev–Trinajstić information content (AvgIpc) is 3.44. The number of carbonyl (C=O) groups excluding carboxylic acids is 2. The van der Waals surface area contributed by atoms with Gasteiger partial charge in [0.1, 0.15) is 5.82 Å². The van der Waals surface area contributed by atoms with Gasteiger partial charge in [0.15, 0.2) is 4.34 Å². The van der Waals surface area contributed by atoms with E-state index in [1.165, 1.54) is 35.2 Å². The van der Waals surface area contributed by atoms with Gasteiger partial charge in [0.2, 0.25) is 11.0 Å². The minimum atomic E-state index is -0.313. The molecular formula is C20H18FN5O2S2. The van der Waals surface area contributed by atoms with E-state index in [1.54, 1.807) is 36.4 Å². The molecule has 0 radical (unpaired) electrons. The lowest BCUT2D eigenvalue weighted by Gasteiger charge is -2.10. The number of hydrogen-bond donors (Lipinski definition) is 3. The molecule has 0 unspecified atom stereocenters. The van der Waals surface area contributed by atoms with Gasteiger partial charge in [-0.25, -0.2) is 4.39 Å². The lowest BCUT2D eigenvalue weighted by Crippen LogP contribution is -2.27. The summed E-state index contributed by atoms with van der Waals surface area (Å²) in [5.74, 6) is -0.604. The van der Waals surface area contributed by atoms with Crippen LogP contribution in [0.2, 0.25) is 0 Å². The molecule has 1 fully saturated rings. The number of thioether (sulfide) groups is 1. The number of benzene rings is 2. The lowest BCUT2D eigenvalue weighted by molar-refractivity contribution is -0.113. The number of rotatable bonds is 8. The van der Waals surface area contributed by atoms with E-state index < -0.39 is 0 Å². The zero-order valence-electron chi connectivity index (χ0n) is 15.7. The second kappa shape index (κ2) is 9.23. The van der Waals surface area contributed by atoms with Crippen LogP contribution in [0.1, 0.15) is 23.2 Å². The molecule has 0 bridgehead atoms. The van der Waals surface area contributed by atoms with Crippen LogP contribution < -0.4 is 16.0 Å². The average molecular weight is 444 g/mol. The first-order chi connectivity index (χ1) is 14.6. The SMILES string of the molecule is O=C(CSc1nnc(Nc2ccc(F)cc2)s1)Nc1ccccc1C(=O)NC1CC1.